The van der Waals surface area contributed by atoms with Crippen LogP contribution < -0.4 is 10.6 Å². The van der Waals surface area contributed by atoms with Crippen LogP contribution in [0.25, 0.3) is 33.6 Å². The molecule has 2 N–H and O–H groups in total. The van der Waals surface area contributed by atoms with Crippen molar-refractivity contribution in [2.45, 2.75) is 31.9 Å². The lowest BCUT2D eigenvalue weighted by molar-refractivity contribution is -0.134. The molecule has 7 nitrogen and oxygen atoms in total. The highest BCUT2D eigenvalue weighted by atomic mass is 19.4. The molecule has 4 aromatic rings. The van der Waals surface area contributed by atoms with E-state index in [-0.39, 0.29) is 57.3 Å². The van der Waals surface area contributed by atoms with Crippen LogP contribution in [-0.2, 0) is 6.42 Å². The highest BCUT2D eigenvalue weighted by Gasteiger charge is 2.32. The molecule has 2 aromatic carbocycles. The summed E-state index contributed by atoms with van der Waals surface area (Å²) in [6.45, 7) is 0.0324. The summed E-state index contributed by atoms with van der Waals surface area (Å²) in [7, 11) is 1.38. The third kappa shape index (κ3) is 6.51. The first-order chi connectivity index (χ1) is 20.5. The van der Waals surface area contributed by atoms with Crippen molar-refractivity contribution in [3.8, 4) is 28.5 Å². The number of carbonyl (C=O) groups is 2. The zero-order valence-electron chi connectivity index (χ0n) is 22.8. The molecule has 5 rings (SSSR count). The second-order valence-electron chi connectivity index (χ2n) is 10.3. The summed E-state index contributed by atoms with van der Waals surface area (Å²) < 4.78 is 74.1. The molecule has 1 aliphatic carbocycles. The van der Waals surface area contributed by atoms with Crippen LogP contribution in [-0.4, -0.2) is 36.6 Å². The van der Waals surface area contributed by atoms with Crippen LogP contribution in [0.3, 0.4) is 0 Å². The standard InChI is InChI=1S/C31H25F5N4O3/c1-38-29(42)26-23-13-21(18-6-9-24(33)22(12-18)28(41)39-15-19(14-37)16-2-3-16)25(10-11-31(34,35)36)40-30(23)43-27(26)17-4-7-20(32)8-5-17/h4-9,12-13,16,19H,2-3,10-11,15H2,1H3,(H,38,42)(H,39,41). The highest BCUT2D eigenvalue weighted by molar-refractivity contribution is 6.11. The third-order valence-corrected chi connectivity index (χ3v) is 7.33. The van der Waals surface area contributed by atoms with Crippen molar-refractivity contribution in [3.63, 3.8) is 0 Å². The third-order valence-electron chi connectivity index (χ3n) is 7.33. The van der Waals surface area contributed by atoms with Gasteiger partial charge < -0.3 is 15.1 Å². The van der Waals surface area contributed by atoms with Crippen molar-refractivity contribution in [1.82, 2.24) is 15.6 Å². The van der Waals surface area contributed by atoms with E-state index in [2.05, 4.69) is 21.7 Å². The second-order valence-corrected chi connectivity index (χ2v) is 10.3. The second kappa shape index (κ2) is 11.8. The summed E-state index contributed by atoms with van der Waals surface area (Å²) in [4.78, 5) is 30.2. The fraction of sp³-hybridized carbons (Fsp3) is 0.290. The largest absolute Gasteiger partial charge is 0.437 e. The number of alkyl halides is 3. The van der Waals surface area contributed by atoms with Gasteiger partial charge in [0.1, 0.15) is 17.4 Å². The molecule has 222 valence electrons. The minimum atomic E-state index is -4.52. The van der Waals surface area contributed by atoms with E-state index in [1.54, 1.807) is 0 Å². The van der Waals surface area contributed by atoms with Crippen LogP contribution in [0, 0.1) is 34.8 Å². The lowest BCUT2D eigenvalue weighted by Gasteiger charge is -2.14. The van der Waals surface area contributed by atoms with Gasteiger partial charge >= 0.3 is 6.18 Å². The van der Waals surface area contributed by atoms with E-state index in [9.17, 15) is 36.8 Å². The zero-order chi connectivity index (χ0) is 30.9. The van der Waals surface area contributed by atoms with Crippen LogP contribution in [0.4, 0.5) is 22.0 Å². The topological polar surface area (TPSA) is 108 Å². The molecule has 1 atom stereocenters. The monoisotopic (exact) mass is 596 g/mol. The first-order valence-corrected chi connectivity index (χ1v) is 13.5. The summed E-state index contributed by atoms with van der Waals surface area (Å²) in [6, 6.07) is 12.2. The van der Waals surface area contributed by atoms with Gasteiger partial charge in [0.05, 0.1) is 34.2 Å². The molecular weight excluding hydrogens is 571 g/mol. The molecule has 0 radical (unpaired) electrons. The molecule has 12 heteroatoms. The van der Waals surface area contributed by atoms with Crippen molar-refractivity contribution in [2.75, 3.05) is 13.6 Å². The Balaban J connectivity index is 1.62. The van der Waals surface area contributed by atoms with E-state index in [1.807, 2.05) is 0 Å². The molecule has 2 heterocycles. The molecule has 0 aliphatic heterocycles. The van der Waals surface area contributed by atoms with E-state index in [0.29, 0.717) is 5.56 Å². The first-order valence-electron chi connectivity index (χ1n) is 13.5. The molecule has 0 bridgehead atoms. The number of hydrogen-bond acceptors (Lipinski definition) is 5. The van der Waals surface area contributed by atoms with Crippen molar-refractivity contribution in [3.05, 3.63) is 77.0 Å². The molecule has 0 saturated heterocycles. The average Bonchev–Trinajstić information content (AvgIpc) is 3.75. The van der Waals surface area contributed by atoms with Crippen LogP contribution in [0.5, 0.6) is 0 Å². The fourth-order valence-corrected chi connectivity index (χ4v) is 4.90. The van der Waals surface area contributed by atoms with Crippen molar-refractivity contribution < 1.29 is 36.0 Å². The SMILES string of the molecule is CNC(=O)c1c(-c2ccc(F)cc2)oc2nc(CCC(F)(F)F)c(-c3ccc(F)c(C(=O)NCC(C#N)C4CC4)c3)cc12. The Morgan fingerprint density at radius 3 is 2.40 bits per heavy atom. The number of aromatic nitrogens is 1. The molecular formula is C31H25F5N4O3. The number of furan rings is 1. The predicted molar refractivity (Wildman–Crippen MR) is 147 cm³/mol. The number of rotatable bonds is 9. The Hall–Kier alpha value is -4.79. The van der Waals surface area contributed by atoms with Crippen LogP contribution in [0.1, 0.15) is 45.7 Å². The lowest BCUT2D eigenvalue weighted by atomic mass is 9.96. The molecule has 1 aliphatic rings. The fourth-order valence-electron chi connectivity index (χ4n) is 4.90. The van der Waals surface area contributed by atoms with Gasteiger partial charge in [-0.3, -0.25) is 9.59 Å². The number of carbonyl (C=O) groups excluding carboxylic acids is 2. The molecule has 2 aromatic heterocycles. The number of benzene rings is 2. The van der Waals surface area contributed by atoms with Gasteiger partial charge in [-0.25, -0.2) is 13.8 Å². The summed E-state index contributed by atoms with van der Waals surface area (Å²) in [5.41, 5.74) is 0.129. The summed E-state index contributed by atoms with van der Waals surface area (Å²) in [6.07, 6.45) is -4.55. The number of fused-ring (bicyclic) bond motifs is 1. The van der Waals surface area contributed by atoms with Gasteiger partial charge in [-0.2, -0.15) is 18.4 Å². The number of aryl methyl sites for hydroxylation is 1. The van der Waals surface area contributed by atoms with Gasteiger partial charge in [0.2, 0.25) is 5.71 Å². The van der Waals surface area contributed by atoms with Crippen molar-refractivity contribution in [1.29, 1.82) is 5.26 Å². The normalized spacial score (nSPS) is 13.9. The van der Waals surface area contributed by atoms with Gasteiger partial charge in [-0.05, 0) is 73.2 Å². The Morgan fingerprint density at radius 2 is 1.77 bits per heavy atom. The molecule has 1 saturated carbocycles. The Bertz CT molecular complexity index is 1740. The first kappa shape index (κ1) is 29.7. The number of halogens is 5. The molecule has 43 heavy (non-hydrogen) atoms. The molecule has 1 fully saturated rings. The number of pyridine rings is 1. The lowest BCUT2D eigenvalue weighted by Crippen LogP contribution is -2.30. The number of nitriles is 1. The maximum absolute atomic E-state index is 14.8. The number of hydrogen-bond donors (Lipinski definition) is 2. The van der Waals surface area contributed by atoms with Crippen molar-refractivity contribution in [2.24, 2.45) is 11.8 Å². The van der Waals surface area contributed by atoms with E-state index < -0.39 is 48.4 Å². The molecule has 2 amide bonds. The van der Waals surface area contributed by atoms with Gasteiger partial charge in [0, 0.05) is 31.1 Å². The average molecular weight is 597 g/mol. The van der Waals surface area contributed by atoms with Gasteiger partial charge in [0.25, 0.3) is 11.8 Å². The number of amides is 2. The van der Waals surface area contributed by atoms with Crippen molar-refractivity contribution >= 4 is 22.9 Å². The Labute approximate surface area is 242 Å². The maximum atomic E-state index is 14.8. The maximum Gasteiger partial charge on any atom is 0.389 e. The molecule has 1 unspecified atom stereocenters. The van der Waals surface area contributed by atoms with Gasteiger partial charge in [0.15, 0.2) is 0 Å². The highest BCUT2D eigenvalue weighted by Crippen LogP contribution is 2.38. The quantitative estimate of drug-likeness (QED) is 0.213. The van der Waals surface area contributed by atoms with E-state index in [4.69, 9.17) is 4.42 Å². The minimum Gasteiger partial charge on any atom is -0.437 e. The zero-order valence-corrected chi connectivity index (χ0v) is 22.8. The van der Waals surface area contributed by atoms with Gasteiger partial charge in [-0.1, -0.05) is 6.07 Å². The molecule has 0 spiro atoms. The van der Waals surface area contributed by atoms with Crippen LogP contribution in [0.2, 0.25) is 0 Å². The Kier molecular flexibility index (Phi) is 8.17. The van der Waals surface area contributed by atoms with Gasteiger partial charge in [-0.15, -0.1) is 0 Å². The van der Waals surface area contributed by atoms with Crippen LogP contribution in [0.15, 0.2) is 52.9 Å². The number of nitrogens with one attached hydrogen (secondary N) is 2. The van der Waals surface area contributed by atoms with E-state index in [1.165, 1.54) is 49.5 Å². The number of nitrogens with zero attached hydrogens (tertiary/aromatic N) is 2. The summed E-state index contributed by atoms with van der Waals surface area (Å²) in [5.74, 6) is -2.95. The smallest absolute Gasteiger partial charge is 0.389 e. The Morgan fingerprint density at radius 1 is 1.07 bits per heavy atom. The minimum absolute atomic E-state index is 0.0166. The van der Waals surface area contributed by atoms with Crippen LogP contribution >= 0.6 is 0 Å². The summed E-state index contributed by atoms with van der Waals surface area (Å²) >= 11 is 0. The van der Waals surface area contributed by atoms with E-state index in [0.717, 1.165) is 18.9 Å². The predicted octanol–water partition coefficient (Wildman–Crippen LogP) is 6.57. The summed E-state index contributed by atoms with van der Waals surface area (Å²) in [5, 5.41) is 14.6. The van der Waals surface area contributed by atoms with E-state index >= 15 is 0 Å².